The molecule has 0 unspecified atom stereocenters. The zero-order chi connectivity index (χ0) is 15.2. The Kier molecular flexibility index (Phi) is 4.22. The summed E-state index contributed by atoms with van der Waals surface area (Å²) in [6.07, 6.45) is 3.79. The van der Waals surface area contributed by atoms with E-state index < -0.39 is 8.32 Å². The highest BCUT2D eigenvalue weighted by atomic mass is 28.4. The smallest absolute Gasteiger partial charge is 0.192 e. The van der Waals surface area contributed by atoms with Crippen molar-refractivity contribution >= 4 is 14.1 Å². The summed E-state index contributed by atoms with van der Waals surface area (Å²) in [5.41, 5.74) is -0.250. The van der Waals surface area contributed by atoms with Crippen LogP contribution in [-0.2, 0) is 14.0 Å². The Balaban J connectivity index is 1.95. The summed E-state index contributed by atoms with van der Waals surface area (Å²) in [6.45, 7) is 14.0. The number of fused-ring (bicyclic) bond motifs is 1. The molecule has 1 saturated heterocycles. The molecule has 2 fully saturated rings. The molecule has 0 bridgehead atoms. The highest BCUT2D eigenvalue weighted by molar-refractivity contribution is 6.74. The van der Waals surface area contributed by atoms with E-state index in [4.69, 9.17) is 9.16 Å². The van der Waals surface area contributed by atoms with Crippen molar-refractivity contribution in [3.8, 4) is 0 Å². The van der Waals surface area contributed by atoms with Gasteiger partial charge in [0.1, 0.15) is 5.78 Å². The lowest BCUT2D eigenvalue weighted by Gasteiger charge is -2.36. The van der Waals surface area contributed by atoms with Crippen LogP contribution in [0.15, 0.2) is 0 Å². The molecule has 0 spiro atoms. The van der Waals surface area contributed by atoms with Crippen LogP contribution in [0, 0.1) is 5.41 Å². The molecule has 0 N–H and O–H groups in total. The molecule has 1 aliphatic carbocycles. The van der Waals surface area contributed by atoms with E-state index in [2.05, 4.69) is 40.8 Å². The Morgan fingerprint density at radius 2 is 2.05 bits per heavy atom. The van der Waals surface area contributed by atoms with Gasteiger partial charge in [-0.2, -0.15) is 0 Å². The van der Waals surface area contributed by atoms with Gasteiger partial charge in [-0.3, -0.25) is 4.79 Å². The number of hydrogen-bond donors (Lipinski definition) is 0. The normalized spacial score (nSPS) is 35.2. The lowest BCUT2D eigenvalue weighted by atomic mass is 9.71. The molecule has 1 heterocycles. The first-order valence-corrected chi connectivity index (χ1v) is 10.8. The first-order valence-electron chi connectivity index (χ1n) is 7.89. The van der Waals surface area contributed by atoms with Crippen molar-refractivity contribution in [1.29, 1.82) is 0 Å². The van der Waals surface area contributed by atoms with Gasteiger partial charge in [-0.25, -0.2) is 0 Å². The third-order valence-corrected chi connectivity index (χ3v) is 10.2. The van der Waals surface area contributed by atoms with Crippen LogP contribution in [0.25, 0.3) is 0 Å². The highest BCUT2D eigenvalue weighted by Gasteiger charge is 2.51. The molecule has 0 aromatic rings. The number of Topliss-reactive ketones (excluding diaryl/α,β-unsaturated/α-hetero) is 1. The van der Waals surface area contributed by atoms with Gasteiger partial charge < -0.3 is 9.16 Å². The van der Waals surface area contributed by atoms with Crippen LogP contribution in [0.1, 0.15) is 53.4 Å². The first kappa shape index (κ1) is 16.2. The summed E-state index contributed by atoms with van der Waals surface area (Å²) in [6, 6.07) is 0. The van der Waals surface area contributed by atoms with Gasteiger partial charge in [-0.15, -0.1) is 0 Å². The van der Waals surface area contributed by atoms with E-state index in [9.17, 15) is 4.79 Å². The second kappa shape index (κ2) is 5.22. The Morgan fingerprint density at radius 3 is 2.60 bits per heavy atom. The van der Waals surface area contributed by atoms with Crippen molar-refractivity contribution < 1.29 is 14.0 Å². The summed E-state index contributed by atoms with van der Waals surface area (Å²) in [5.74, 6) is 0.392. The highest BCUT2D eigenvalue weighted by Crippen LogP contribution is 2.46. The van der Waals surface area contributed by atoms with Crippen LogP contribution < -0.4 is 0 Å². The average molecular weight is 298 g/mol. The standard InChI is InChI=1S/C16H30O3Si/c1-15(2,3)20(5,6)18-11-12-10-16(4)13(17)8-7-9-14(16)19-12/h12,14H,7-11H2,1-6H3/t12-,14+,16+/m0/s1. The van der Waals surface area contributed by atoms with Crippen LogP contribution in [0.2, 0.25) is 18.1 Å². The summed E-state index contributed by atoms with van der Waals surface area (Å²) in [5, 5.41) is 0.220. The predicted molar refractivity (Wildman–Crippen MR) is 83.4 cm³/mol. The molecule has 1 aliphatic heterocycles. The van der Waals surface area contributed by atoms with Gasteiger partial charge >= 0.3 is 0 Å². The van der Waals surface area contributed by atoms with Crippen LogP contribution in [-0.4, -0.2) is 32.9 Å². The van der Waals surface area contributed by atoms with Crippen molar-refractivity contribution in [3.05, 3.63) is 0 Å². The van der Waals surface area contributed by atoms with Gasteiger partial charge in [0.25, 0.3) is 0 Å². The van der Waals surface area contributed by atoms with Crippen molar-refractivity contribution in [2.24, 2.45) is 5.41 Å². The zero-order valence-corrected chi connectivity index (χ0v) is 14.9. The Hall–Kier alpha value is -0.193. The molecule has 20 heavy (non-hydrogen) atoms. The fourth-order valence-electron chi connectivity index (χ4n) is 3.06. The molecule has 1 saturated carbocycles. The van der Waals surface area contributed by atoms with Crippen molar-refractivity contribution in [2.45, 2.75) is 83.7 Å². The third kappa shape index (κ3) is 2.88. The van der Waals surface area contributed by atoms with Gasteiger partial charge in [0.15, 0.2) is 8.32 Å². The molecule has 0 amide bonds. The number of ether oxygens (including phenoxy) is 1. The van der Waals surface area contributed by atoms with E-state index in [1.54, 1.807) is 0 Å². The Labute approximate surface area is 124 Å². The first-order chi connectivity index (χ1) is 9.06. The Morgan fingerprint density at radius 1 is 1.40 bits per heavy atom. The molecule has 2 rings (SSSR count). The van der Waals surface area contributed by atoms with E-state index >= 15 is 0 Å². The SMILES string of the molecule is CC(C)(C)[Si](C)(C)OC[C@@H]1C[C@]2(C)C(=O)CCC[C@H]2O1. The minimum absolute atomic E-state index is 0.0983. The number of carbonyl (C=O) groups is 1. The van der Waals surface area contributed by atoms with Crippen LogP contribution in [0.3, 0.4) is 0 Å². The monoisotopic (exact) mass is 298 g/mol. The van der Waals surface area contributed by atoms with Crippen LogP contribution in [0.4, 0.5) is 0 Å². The lowest BCUT2D eigenvalue weighted by Crippen LogP contribution is -2.42. The molecular weight excluding hydrogens is 268 g/mol. The average Bonchev–Trinajstić information content (AvgIpc) is 2.64. The number of ketones is 1. The number of hydrogen-bond acceptors (Lipinski definition) is 3. The van der Waals surface area contributed by atoms with Gasteiger partial charge in [0, 0.05) is 6.42 Å². The largest absolute Gasteiger partial charge is 0.414 e. The maximum Gasteiger partial charge on any atom is 0.192 e. The summed E-state index contributed by atoms with van der Waals surface area (Å²) < 4.78 is 12.4. The second-order valence-electron chi connectivity index (χ2n) is 8.26. The number of rotatable bonds is 3. The van der Waals surface area contributed by atoms with E-state index in [1.807, 2.05) is 0 Å². The molecule has 0 aromatic carbocycles. The second-order valence-corrected chi connectivity index (χ2v) is 13.1. The molecule has 0 radical (unpaired) electrons. The van der Waals surface area contributed by atoms with Crippen molar-refractivity contribution in [3.63, 3.8) is 0 Å². The fourth-order valence-corrected chi connectivity index (χ4v) is 4.10. The molecule has 2 aliphatic rings. The molecule has 4 heteroatoms. The van der Waals surface area contributed by atoms with Crippen LogP contribution in [0.5, 0.6) is 0 Å². The van der Waals surface area contributed by atoms with Crippen molar-refractivity contribution in [2.75, 3.05) is 6.61 Å². The van der Waals surface area contributed by atoms with Gasteiger partial charge in [0.05, 0.1) is 24.2 Å². The fraction of sp³-hybridized carbons (Fsp3) is 0.938. The number of carbonyl (C=O) groups excluding carboxylic acids is 1. The van der Waals surface area contributed by atoms with E-state index in [0.717, 1.165) is 25.7 Å². The minimum atomic E-state index is -1.73. The zero-order valence-electron chi connectivity index (χ0n) is 13.9. The molecule has 116 valence electrons. The maximum absolute atomic E-state index is 12.2. The molecular formula is C16H30O3Si. The van der Waals surface area contributed by atoms with Gasteiger partial charge in [-0.1, -0.05) is 27.7 Å². The topological polar surface area (TPSA) is 35.5 Å². The molecule has 3 atom stereocenters. The summed E-state index contributed by atoms with van der Waals surface area (Å²) >= 11 is 0. The quantitative estimate of drug-likeness (QED) is 0.741. The van der Waals surface area contributed by atoms with E-state index in [-0.39, 0.29) is 22.7 Å². The Bertz CT molecular complexity index is 386. The van der Waals surface area contributed by atoms with E-state index in [1.165, 1.54) is 0 Å². The summed E-state index contributed by atoms with van der Waals surface area (Å²) in [4.78, 5) is 12.2. The van der Waals surface area contributed by atoms with Crippen molar-refractivity contribution in [1.82, 2.24) is 0 Å². The van der Waals surface area contributed by atoms with E-state index in [0.29, 0.717) is 12.4 Å². The predicted octanol–water partition coefficient (Wildman–Crippen LogP) is 3.93. The third-order valence-electron chi connectivity index (χ3n) is 5.66. The maximum atomic E-state index is 12.2. The lowest BCUT2D eigenvalue weighted by molar-refractivity contribution is -0.134. The molecule has 3 nitrogen and oxygen atoms in total. The molecule has 0 aromatic heterocycles. The van der Waals surface area contributed by atoms with Gasteiger partial charge in [-0.05, 0) is 37.4 Å². The van der Waals surface area contributed by atoms with Gasteiger partial charge in [0.2, 0.25) is 0 Å². The summed E-state index contributed by atoms with van der Waals surface area (Å²) in [7, 11) is -1.73. The minimum Gasteiger partial charge on any atom is -0.414 e. The van der Waals surface area contributed by atoms with Crippen LogP contribution >= 0.6 is 0 Å².